The van der Waals surface area contributed by atoms with Crippen molar-refractivity contribution in [3.8, 4) is 23.0 Å². The van der Waals surface area contributed by atoms with Crippen molar-refractivity contribution in [3.05, 3.63) is 52.6 Å². The van der Waals surface area contributed by atoms with Crippen molar-refractivity contribution in [1.82, 2.24) is 9.80 Å². The number of ether oxygens (including phenoxy) is 4. The zero-order valence-electron chi connectivity index (χ0n) is 24.4. The minimum atomic E-state index is -0.885. The van der Waals surface area contributed by atoms with E-state index < -0.39 is 17.7 Å². The molecule has 0 aliphatic carbocycles. The van der Waals surface area contributed by atoms with E-state index in [1.54, 1.807) is 24.3 Å². The summed E-state index contributed by atoms with van der Waals surface area (Å²) in [5.41, 5.74) is 1.57. The fourth-order valence-corrected chi connectivity index (χ4v) is 4.78. The predicted molar refractivity (Wildman–Crippen MR) is 150 cm³/mol. The summed E-state index contributed by atoms with van der Waals surface area (Å²) in [7, 11) is 9.88. The Kier molecular flexibility index (Phi) is 9.17. The summed E-state index contributed by atoms with van der Waals surface area (Å²) in [6.07, 6.45) is 0.629. The van der Waals surface area contributed by atoms with Gasteiger partial charge in [0.05, 0.1) is 45.6 Å². The van der Waals surface area contributed by atoms with Gasteiger partial charge in [0.1, 0.15) is 11.5 Å². The number of aliphatic hydroxyl groups excluding tert-OH is 1. The predicted octanol–water partition coefficient (Wildman–Crippen LogP) is 4.39. The third kappa shape index (κ3) is 5.98. The van der Waals surface area contributed by atoms with Crippen LogP contribution in [0.3, 0.4) is 0 Å². The van der Waals surface area contributed by atoms with Gasteiger partial charge in [0, 0.05) is 6.54 Å². The highest BCUT2D eigenvalue weighted by Gasteiger charge is 2.46. The largest absolute Gasteiger partial charge is 0.507 e. The van der Waals surface area contributed by atoms with Crippen LogP contribution in [0.5, 0.6) is 23.0 Å². The highest BCUT2D eigenvalue weighted by molar-refractivity contribution is 6.46. The number of rotatable bonds is 10. The summed E-state index contributed by atoms with van der Waals surface area (Å²) in [4.78, 5) is 30.5. The molecule has 1 heterocycles. The number of carbonyl (C=O) groups is 2. The van der Waals surface area contributed by atoms with Crippen LogP contribution in [-0.2, 0) is 15.0 Å². The van der Waals surface area contributed by atoms with Gasteiger partial charge in [-0.1, -0.05) is 26.8 Å². The minimum absolute atomic E-state index is 0.0246. The van der Waals surface area contributed by atoms with Crippen LogP contribution in [0, 0.1) is 0 Å². The highest BCUT2D eigenvalue weighted by Crippen LogP contribution is 2.46. The van der Waals surface area contributed by atoms with Crippen LogP contribution in [0.1, 0.15) is 49.9 Å². The molecule has 2 aromatic rings. The SMILES string of the molecule is COc1ccc(C(C)(C)C)cc1/C(O)=C1\C(=O)C(=O)N(CCCN(C)C)C1c1cc(OC)c(OC)c(OC)c1. The molecule has 1 atom stereocenters. The Bertz CT molecular complexity index is 1240. The number of likely N-dealkylation sites (tertiary alicyclic amines) is 1. The average molecular weight is 541 g/mol. The monoisotopic (exact) mass is 540 g/mol. The Morgan fingerprint density at radius 2 is 1.51 bits per heavy atom. The number of amides is 1. The van der Waals surface area contributed by atoms with Crippen LogP contribution in [0.2, 0.25) is 0 Å². The van der Waals surface area contributed by atoms with Crippen molar-refractivity contribution in [2.24, 2.45) is 0 Å². The average Bonchev–Trinajstić information content (AvgIpc) is 3.15. The molecule has 1 aliphatic rings. The fourth-order valence-electron chi connectivity index (χ4n) is 4.78. The number of aliphatic hydroxyl groups is 1. The molecule has 1 amide bonds. The maximum atomic E-state index is 13.6. The number of Topliss-reactive ketones (excluding diaryl/α,β-unsaturated/α-hetero) is 1. The van der Waals surface area contributed by atoms with E-state index in [1.807, 2.05) is 25.1 Å². The van der Waals surface area contributed by atoms with Gasteiger partial charge < -0.3 is 33.9 Å². The topological polar surface area (TPSA) is 97.8 Å². The lowest BCUT2D eigenvalue weighted by Crippen LogP contribution is -2.32. The van der Waals surface area contributed by atoms with E-state index in [-0.39, 0.29) is 16.7 Å². The van der Waals surface area contributed by atoms with Crippen LogP contribution in [0.4, 0.5) is 0 Å². The number of methoxy groups -OCH3 is 4. The molecule has 0 bridgehead atoms. The number of nitrogens with zero attached hydrogens (tertiary/aromatic N) is 2. The Morgan fingerprint density at radius 1 is 0.923 bits per heavy atom. The zero-order chi connectivity index (χ0) is 29.1. The molecule has 1 saturated heterocycles. The number of hydrogen-bond acceptors (Lipinski definition) is 8. The maximum Gasteiger partial charge on any atom is 0.295 e. The second kappa shape index (κ2) is 12.0. The minimum Gasteiger partial charge on any atom is -0.507 e. The summed E-state index contributed by atoms with van der Waals surface area (Å²) in [5, 5.41) is 11.7. The maximum absolute atomic E-state index is 13.6. The molecule has 1 N–H and O–H groups in total. The van der Waals surface area contributed by atoms with Gasteiger partial charge in [-0.3, -0.25) is 9.59 Å². The van der Waals surface area contributed by atoms with Crippen LogP contribution in [0.15, 0.2) is 35.9 Å². The van der Waals surface area contributed by atoms with Crippen molar-refractivity contribution >= 4 is 17.4 Å². The van der Waals surface area contributed by atoms with Gasteiger partial charge in [0.25, 0.3) is 11.7 Å². The van der Waals surface area contributed by atoms with Crippen LogP contribution >= 0.6 is 0 Å². The molecule has 1 unspecified atom stereocenters. The van der Waals surface area contributed by atoms with Gasteiger partial charge in [-0.2, -0.15) is 0 Å². The molecule has 2 aromatic carbocycles. The lowest BCUT2D eigenvalue weighted by molar-refractivity contribution is -0.139. The third-order valence-corrected chi connectivity index (χ3v) is 6.87. The molecule has 0 aromatic heterocycles. The Morgan fingerprint density at radius 3 is 2.00 bits per heavy atom. The molecule has 0 radical (unpaired) electrons. The van der Waals surface area contributed by atoms with Gasteiger partial charge in [-0.05, 0) is 67.9 Å². The molecule has 1 aliphatic heterocycles. The van der Waals surface area contributed by atoms with E-state index in [0.29, 0.717) is 53.6 Å². The highest BCUT2D eigenvalue weighted by atomic mass is 16.5. The number of ketones is 1. The molecular formula is C30H40N2O7. The van der Waals surface area contributed by atoms with E-state index >= 15 is 0 Å². The van der Waals surface area contributed by atoms with Crippen LogP contribution in [0.25, 0.3) is 5.76 Å². The van der Waals surface area contributed by atoms with Crippen molar-refractivity contribution < 1.29 is 33.6 Å². The van der Waals surface area contributed by atoms with E-state index in [4.69, 9.17) is 18.9 Å². The summed E-state index contributed by atoms with van der Waals surface area (Å²) in [6, 6.07) is 8.01. The molecule has 1 fully saturated rings. The molecule has 212 valence electrons. The van der Waals surface area contributed by atoms with E-state index in [1.165, 1.54) is 33.3 Å². The smallest absolute Gasteiger partial charge is 0.295 e. The molecule has 3 rings (SSSR count). The summed E-state index contributed by atoms with van der Waals surface area (Å²) in [5.74, 6) is -0.226. The van der Waals surface area contributed by atoms with Crippen molar-refractivity contribution in [2.45, 2.75) is 38.6 Å². The summed E-state index contributed by atoms with van der Waals surface area (Å²) in [6.45, 7) is 7.18. The Balaban J connectivity index is 2.31. The first-order valence-electron chi connectivity index (χ1n) is 12.8. The quantitative estimate of drug-likeness (QED) is 0.269. The first-order chi connectivity index (χ1) is 18.4. The third-order valence-electron chi connectivity index (χ3n) is 6.87. The number of carbonyl (C=O) groups excluding carboxylic acids is 2. The number of hydrogen-bond donors (Lipinski definition) is 1. The first kappa shape index (κ1) is 29.8. The lowest BCUT2D eigenvalue weighted by Gasteiger charge is -2.27. The van der Waals surface area contributed by atoms with Gasteiger partial charge in [-0.25, -0.2) is 0 Å². The molecule has 0 saturated carbocycles. The van der Waals surface area contributed by atoms with Crippen molar-refractivity contribution in [2.75, 3.05) is 55.6 Å². The van der Waals surface area contributed by atoms with E-state index in [2.05, 4.69) is 20.8 Å². The summed E-state index contributed by atoms with van der Waals surface area (Å²) < 4.78 is 22.1. The fraction of sp³-hybridized carbons (Fsp3) is 0.467. The van der Waals surface area contributed by atoms with Crippen LogP contribution < -0.4 is 18.9 Å². The summed E-state index contributed by atoms with van der Waals surface area (Å²) >= 11 is 0. The first-order valence-corrected chi connectivity index (χ1v) is 12.8. The molecule has 9 heteroatoms. The van der Waals surface area contributed by atoms with Gasteiger partial charge >= 0.3 is 0 Å². The second-order valence-electron chi connectivity index (χ2n) is 10.8. The molecule has 0 spiro atoms. The van der Waals surface area contributed by atoms with E-state index in [0.717, 1.165) is 5.56 Å². The van der Waals surface area contributed by atoms with Crippen molar-refractivity contribution in [1.29, 1.82) is 0 Å². The number of benzene rings is 2. The molecule has 39 heavy (non-hydrogen) atoms. The van der Waals surface area contributed by atoms with E-state index in [9.17, 15) is 14.7 Å². The van der Waals surface area contributed by atoms with Gasteiger partial charge in [0.2, 0.25) is 5.75 Å². The molecular weight excluding hydrogens is 500 g/mol. The van der Waals surface area contributed by atoms with Gasteiger partial charge in [0.15, 0.2) is 11.5 Å². The normalized spacial score (nSPS) is 17.1. The zero-order valence-corrected chi connectivity index (χ0v) is 24.4. The Labute approximate surface area is 230 Å². The van der Waals surface area contributed by atoms with Gasteiger partial charge in [-0.15, -0.1) is 0 Å². The standard InChI is InChI=1S/C30H40N2O7/c1-30(2,3)19-11-12-21(36-6)20(17-19)26(33)24-25(32(29(35)27(24)34)14-10-13-31(4)5)18-15-22(37-7)28(39-9)23(16-18)38-8/h11-12,15-17,25,33H,10,13-14H2,1-9H3/b26-24+. The lowest BCUT2D eigenvalue weighted by atomic mass is 9.85. The molecule has 9 nitrogen and oxygen atoms in total. The van der Waals surface area contributed by atoms with Crippen molar-refractivity contribution in [3.63, 3.8) is 0 Å². The Hall–Kier alpha value is -3.72. The van der Waals surface area contributed by atoms with Crippen LogP contribution in [-0.4, -0.2) is 82.2 Å². The second-order valence-corrected chi connectivity index (χ2v) is 10.8.